The van der Waals surface area contributed by atoms with Crippen LogP contribution < -0.4 is 10.6 Å². The van der Waals surface area contributed by atoms with Gasteiger partial charge in [-0.2, -0.15) is 0 Å². The maximum absolute atomic E-state index is 11.9. The maximum atomic E-state index is 11.9. The van der Waals surface area contributed by atoms with E-state index in [-0.39, 0.29) is 6.03 Å². The van der Waals surface area contributed by atoms with Crippen molar-refractivity contribution in [2.45, 2.75) is 13.3 Å². The fourth-order valence-corrected chi connectivity index (χ4v) is 3.14. The molecule has 1 aliphatic rings. The maximum Gasteiger partial charge on any atom is 0.319 e. The van der Waals surface area contributed by atoms with Crippen molar-refractivity contribution >= 4 is 23.1 Å². The van der Waals surface area contributed by atoms with E-state index in [1.807, 2.05) is 36.6 Å². The highest BCUT2D eigenvalue weighted by molar-refractivity contribution is 7.13. The molecule has 2 aromatic rings. The molecule has 2 heterocycles. The Kier molecular flexibility index (Phi) is 4.70. The van der Waals surface area contributed by atoms with Gasteiger partial charge in [-0.05, 0) is 37.6 Å². The average Bonchev–Trinajstić information content (AvgIpc) is 3.17. The Morgan fingerprint density at radius 3 is 2.86 bits per heavy atom. The van der Waals surface area contributed by atoms with Crippen LogP contribution in [-0.4, -0.2) is 30.8 Å². The number of nitrogens with zero attached hydrogens (tertiary/aromatic N) is 1. The zero-order valence-electron chi connectivity index (χ0n) is 12.5. The van der Waals surface area contributed by atoms with Crippen molar-refractivity contribution in [1.82, 2.24) is 10.3 Å². The van der Waals surface area contributed by atoms with E-state index in [0.717, 1.165) is 41.6 Å². The Morgan fingerprint density at radius 1 is 1.41 bits per heavy atom. The van der Waals surface area contributed by atoms with E-state index in [1.54, 1.807) is 11.3 Å². The minimum Gasteiger partial charge on any atom is -0.381 e. The van der Waals surface area contributed by atoms with Gasteiger partial charge in [-0.1, -0.05) is 0 Å². The third-order valence-electron chi connectivity index (χ3n) is 3.58. The monoisotopic (exact) mass is 317 g/mol. The van der Waals surface area contributed by atoms with Crippen molar-refractivity contribution in [2.75, 3.05) is 25.1 Å². The minimum absolute atomic E-state index is 0.176. The molecule has 1 aromatic carbocycles. The van der Waals surface area contributed by atoms with Crippen LogP contribution in [0.15, 0.2) is 29.6 Å². The number of carbonyl (C=O) groups is 1. The van der Waals surface area contributed by atoms with Crippen molar-refractivity contribution < 1.29 is 9.53 Å². The molecule has 3 rings (SSSR count). The number of nitrogens with one attached hydrogen (secondary N) is 2. The summed E-state index contributed by atoms with van der Waals surface area (Å²) in [5.74, 6) is 0.432. The number of carbonyl (C=O) groups excluding carboxylic acids is 1. The number of urea groups is 1. The fourth-order valence-electron chi connectivity index (χ4n) is 2.34. The summed E-state index contributed by atoms with van der Waals surface area (Å²) in [7, 11) is 0. The second kappa shape index (κ2) is 6.89. The number of aromatic nitrogens is 1. The molecular weight excluding hydrogens is 298 g/mol. The first-order chi connectivity index (χ1) is 10.7. The van der Waals surface area contributed by atoms with Crippen LogP contribution in [0, 0.1) is 12.8 Å². The van der Waals surface area contributed by atoms with E-state index in [0.29, 0.717) is 12.5 Å². The van der Waals surface area contributed by atoms with E-state index in [4.69, 9.17) is 4.74 Å². The minimum atomic E-state index is -0.176. The van der Waals surface area contributed by atoms with Gasteiger partial charge in [-0.25, -0.2) is 9.78 Å². The quantitative estimate of drug-likeness (QED) is 0.909. The number of hydrogen-bond donors (Lipinski definition) is 2. The zero-order valence-corrected chi connectivity index (χ0v) is 13.3. The van der Waals surface area contributed by atoms with E-state index in [9.17, 15) is 4.79 Å². The fraction of sp³-hybridized carbons (Fsp3) is 0.375. The summed E-state index contributed by atoms with van der Waals surface area (Å²) >= 11 is 1.62. The molecule has 0 spiro atoms. The summed E-state index contributed by atoms with van der Waals surface area (Å²) in [6.45, 7) is 4.17. The van der Waals surface area contributed by atoms with Gasteiger partial charge in [0.2, 0.25) is 0 Å². The van der Waals surface area contributed by atoms with Crippen LogP contribution in [0.25, 0.3) is 10.6 Å². The molecule has 1 atom stereocenters. The highest BCUT2D eigenvalue weighted by Gasteiger charge is 2.16. The van der Waals surface area contributed by atoms with Crippen LogP contribution in [0.3, 0.4) is 0 Å². The summed E-state index contributed by atoms with van der Waals surface area (Å²) in [4.78, 5) is 16.3. The van der Waals surface area contributed by atoms with Crippen LogP contribution in [0.1, 0.15) is 12.1 Å². The molecule has 1 fully saturated rings. The van der Waals surface area contributed by atoms with Crippen LogP contribution in [0.4, 0.5) is 10.5 Å². The molecule has 1 aromatic heterocycles. The lowest BCUT2D eigenvalue weighted by molar-refractivity contribution is 0.185. The molecule has 116 valence electrons. The van der Waals surface area contributed by atoms with E-state index in [1.165, 1.54) is 0 Å². The summed E-state index contributed by atoms with van der Waals surface area (Å²) in [5, 5.41) is 8.75. The lowest BCUT2D eigenvalue weighted by Gasteiger charge is -2.11. The van der Waals surface area contributed by atoms with Crippen molar-refractivity contribution in [2.24, 2.45) is 5.92 Å². The van der Waals surface area contributed by atoms with Crippen LogP contribution >= 0.6 is 11.3 Å². The first-order valence-electron chi connectivity index (χ1n) is 7.36. The molecule has 0 saturated carbocycles. The van der Waals surface area contributed by atoms with Gasteiger partial charge < -0.3 is 15.4 Å². The van der Waals surface area contributed by atoms with E-state index >= 15 is 0 Å². The van der Waals surface area contributed by atoms with Gasteiger partial charge in [0, 0.05) is 41.4 Å². The third-order valence-corrected chi connectivity index (χ3v) is 4.59. The standard InChI is InChI=1S/C16H19N3O2S/c1-11-10-22-15(18-11)13-2-4-14(5-3-13)19-16(20)17-8-12-6-7-21-9-12/h2-5,10,12H,6-9H2,1H3,(H2,17,19,20)/t12-/m1/s1. The van der Waals surface area contributed by atoms with Crippen LogP contribution in [0.2, 0.25) is 0 Å². The van der Waals surface area contributed by atoms with Crippen molar-refractivity contribution in [3.05, 3.63) is 35.3 Å². The first-order valence-corrected chi connectivity index (χ1v) is 8.24. The summed E-state index contributed by atoms with van der Waals surface area (Å²) in [6, 6.07) is 7.55. The molecule has 1 aliphatic heterocycles. The number of hydrogen-bond acceptors (Lipinski definition) is 4. The zero-order chi connectivity index (χ0) is 15.4. The van der Waals surface area contributed by atoms with Gasteiger partial charge in [0.05, 0.1) is 6.61 Å². The van der Waals surface area contributed by atoms with Crippen LogP contribution in [0.5, 0.6) is 0 Å². The Bertz CT molecular complexity index is 633. The van der Waals surface area contributed by atoms with Crippen molar-refractivity contribution in [3.8, 4) is 10.6 Å². The lowest BCUT2D eigenvalue weighted by atomic mass is 10.1. The lowest BCUT2D eigenvalue weighted by Crippen LogP contribution is -2.33. The topological polar surface area (TPSA) is 63.2 Å². The number of ether oxygens (including phenoxy) is 1. The highest BCUT2D eigenvalue weighted by atomic mass is 32.1. The highest BCUT2D eigenvalue weighted by Crippen LogP contribution is 2.24. The van der Waals surface area contributed by atoms with Gasteiger partial charge in [-0.15, -0.1) is 11.3 Å². The first kappa shape index (κ1) is 15.0. The Morgan fingerprint density at radius 2 is 2.23 bits per heavy atom. The van der Waals surface area contributed by atoms with Crippen LogP contribution in [-0.2, 0) is 4.74 Å². The molecule has 6 heteroatoms. The third kappa shape index (κ3) is 3.84. The predicted molar refractivity (Wildman–Crippen MR) is 88.2 cm³/mol. The molecule has 2 N–H and O–H groups in total. The molecule has 0 bridgehead atoms. The molecular formula is C16H19N3O2S. The molecule has 0 aliphatic carbocycles. The molecule has 1 saturated heterocycles. The largest absolute Gasteiger partial charge is 0.381 e. The molecule has 2 amide bonds. The number of thiazole rings is 1. The van der Waals surface area contributed by atoms with Gasteiger partial charge in [0.15, 0.2) is 0 Å². The number of benzene rings is 1. The Hall–Kier alpha value is -1.92. The number of rotatable bonds is 4. The molecule has 0 radical (unpaired) electrons. The van der Waals surface area contributed by atoms with Crippen molar-refractivity contribution in [1.29, 1.82) is 0 Å². The number of anilines is 1. The Balaban J connectivity index is 1.53. The molecule has 5 nitrogen and oxygen atoms in total. The molecule has 22 heavy (non-hydrogen) atoms. The molecule has 0 unspecified atom stereocenters. The van der Waals surface area contributed by atoms with Gasteiger partial charge in [-0.3, -0.25) is 0 Å². The van der Waals surface area contributed by atoms with Gasteiger partial charge in [0.1, 0.15) is 5.01 Å². The normalized spacial score (nSPS) is 17.4. The predicted octanol–water partition coefficient (Wildman–Crippen LogP) is 3.28. The van der Waals surface area contributed by atoms with Gasteiger partial charge >= 0.3 is 6.03 Å². The summed E-state index contributed by atoms with van der Waals surface area (Å²) in [5.41, 5.74) is 2.86. The van der Waals surface area contributed by atoms with E-state index in [2.05, 4.69) is 15.6 Å². The number of amides is 2. The summed E-state index contributed by atoms with van der Waals surface area (Å²) < 4.78 is 5.29. The van der Waals surface area contributed by atoms with E-state index < -0.39 is 0 Å². The van der Waals surface area contributed by atoms with Gasteiger partial charge in [0.25, 0.3) is 0 Å². The summed E-state index contributed by atoms with van der Waals surface area (Å²) in [6.07, 6.45) is 1.02. The second-order valence-electron chi connectivity index (χ2n) is 5.44. The SMILES string of the molecule is Cc1csc(-c2ccc(NC(=O)NC[C@H]3CCOC3)cc2)n1. The second-order valence-corrected chi connectivity index (χ2v) is 6.29. The Labute approximate surface area is 133 Å². The number of aryl methyl sites for hydroxylation is 1. The average molecular weight is 317 g/mol. The van der Waals surface area contributed by atoms with Crippen molar-refractivity contribution in [3.63, 3.8) is 0 Å². The smallest absolute Gasteiger partial charge is 0.319 e.